The van der Waals surface area contributed by atoms with Gasteiger partial charge in [-0.2, -0.15) is 0 Å². The molecule has 0 radical (unpaired) electrons. The van der Waals surface area contributed by atoms with E-state index in [4.69, 9.17) is 10.7 Å². The van der Waals surface area contributed by atoms with E-state index >= 15 is 0 Å². The standard InChI is InChI=1S/C31H49N5O/c1-11-27-24(17-21(5)23(7)33-8)13-14-25-18-26(29(37)36(9)10)15-16-28(25)31(27,19-22(6)34-12-2)30(32)35-20(3)4/h15-18,20,22,33-34H,7,11-14,19H2,1-6,8-10H3,(H2,32,35)/b21-17+/t22-,31?/m1/s1. The largest absolute Gasteiger partial charge is 0.388 e. The molecule has 1 aromatic carbocycles. The Labute approximate surface area is 225 Å². The number of aryl methyl sites for hydroxylation is 1. The molecule has 0 spiro atoms. The molecule has 2 atom stereocenters. The number of likely N-dealkylation sites (N-methyl/N-ethyl adjacent to an activating group) is 1. The number of aliphatic imine (C=N–C) groups is 1. The summed E-state index contributed by atoms with van der Waals surface area (Å²) >= 11 is 0. The van der Waals surface area contributed by atoms with Crippen LogP contribution in [0, 0.1) is 0 Å². The zero-order valence-corrected chi connectivity index (χ0v) is 24.6. The third-order valence-corrected chi connectivity index (χ3v) is 7.31. The predicted octanol–water partition coefficient (Wildman–Crippen LogP) is 5.11. The van der Waals surface area contributed by atoms with Crippen molar-refractivity contribution in [1.29, 1.82) is 0 Å². The monoisotopic (exact) mass is 507 g/mol. The molecule has 2 rings (SSSR count). The highest BCUT2D eigenvalue weighted by molar-refractivity contribution is 5.98. The molecule has 0 saturated carbocycles. The molecule has 1 aromatic rings. The topological polar surface area (TPSA) is 82.7 Å². The highest BCUT2D eigenvalue weighted by atomic mass is 16.2. The summed E-state index contributed by atoms with van der Waals surface area (Å²) in [6.07, 6.45) is 5.57. The summed E-state index contributed by atoms with van der Waals surface area (Å²) in [6, 6.07) is 6.44. The van der Waals surface area contributed by atoms with Crippen LogP contribution in [0.4, 0.5) is 0 Å². The first-order chi connectivity index (χ1) is 17.4. The first kappa shape index (κ1) is 30.4. The number of hydrogen-bond donors (Lipinski definition) is 3. The summed E-state index contributed by atoms with van der Waals surface area (Å²) in [7, 11) is 5.48. The summed E-state index contributed by atoms with van der Waals surface area (Å²) < 4.78 is 0. The molecule has 6 nitrogen and oxygen atoms in total. The smallest absolute Gasteiger partial charge is 0.253 e. The van der Waals surface area contributed by atoms with Crippen molar-refractivity contribution in [2.45, 2.75) is 84.7 Å². The minimum Gasteiger partial charge on any atom is -0.388 e. The quantitative estimate of drug-likeness (QED) is 0.221. The van der Waals surface area contributed by atoms with Gasteiger partial charge in [0.1, 0.15) is 5.84 Å². The number of amides is 1. The number of benzene rings is 1. The molecule has 1 unspecified atom stereocenters. The first-order valence-electron chi connectivity index (χ1n) is 13.6. The van der Waals surface area contributed by atoms with Crippen LogP contribution >= 0.6 is 0 Å². The molecule has 1 aliphatic rings. The Balaban J connectivity index is 3.00. The van der Waals surface area contributed by atoms with Gasteiger partial charge in [-0.25, -0.2) is 0 Å². The van der Waals surface area contributed by atoms with Gasteiger partial charge in [-0.1, -0.05) is 32.6 Å². The van der Waals surface area contributed by atoms with E-state index in [1.165, 1.54) is 16.7 Å². The molecule has 0 aliphatic heterocycles. The molecule has 0 saturated heterocycles. The number of nitrogens with zero attached hydrogens (tertiary/aromatic N) is 2. The van der Waals surface area contributed by atoms with Crippen molar-refractivity contribution in [2.75, 3.05) is 27.7 Å². The second-order valence-corrected chi connectivity index (χ2v) is 10.7. The molecule has 1 aliphatic carbocycles. The Kier molecular flexibility index (Phi) is 10.7. The molecule has 0 bridgehead atoms. The summed E-state index contributed by atoms with van der Waals surface area (Å²) in [4.78, 5) is 19.5. The number of rotatable bonds is 11. The van der Waals surface area contributed by atoms with Crippen molar-refractivity contribution >= 4 is 11.7 Å². The van der Waals surface area contributed by atoms with Crippen molar-refractivity contribution in [3.05, 3.63) is 70.0 Å². The average molecular weight is 508 g/mol. The van der Waals surface area contributed by atoms with E-state index in [9.17, 15) is 4.79 Å². The van der Waals surface area contributed by atoms with Crippen LogP contribution in [-0.4, -0.2) is 56.4 Å². The van der Waals surface area contributed by atoms with E-state index in [2.05, 4.69) is 77.0 Å². The predicted molar refractivity (Wildman–Crippen MR) is 158 cm³/mol. The van der Waals surface area contributed by atoms with Gasteiger partial charge in [-0.3, -0.25) is 9.79 Å². The highest BCUT2D eigenvalue weighted by Gasteiger charge is 2.44. The lowest BCUT2D eigenvalue weighted by atomic mass is 9.66. The normalized spacial score (nSPS) is 19.4. The summed E-state index contributed by atoms with van der Waals surface area (Å²) in [5, 5.41) is 6.80. The third-order valence-electron chi connectivity index (χ3n) is 7.31. The van der Waals surface area contributed by atoms with E-state index in [0.717, 1.165) is 49.1 Å². The maximum atomic E-state index is 12.9. The number of nitrogens with one attached hydrogen (secondary N) is 2. The zero-order valence-electron chi connectivity index (χ0n) is 24.6. The van der Waals surface area contributed by atoms with Crippen LogP contribution in [0.25, 0.3) is 0 Å². The lowest BCUT2D eigenvalue weighted by Crippen LogP contribution is -2.48. The Bertz CT molecular complexity index is 1080. The zero-order chi connectivity index (χ0) is 27.9. The fourth-order valence-electron chi connectivity index (χ4n) is 5.60. The minimum atomic E-state index is -0.584. The van der Waals surface area contributed by atoms with Gasteiger partial charge in [0.15, 0.2) is 0 Å². The van der Waals surface area contributed by atoms with Gasteiger partial charge >= 0.3 is 0 Å². The molecule has 37 heavy (non-hydrogen) atoms. The lowest BCUT2D eigenvalue weighted by molar-refractivity contribution is 0.0827. The summed E-state index contributed by atoms with van der Waals surface area (Å²) in [6.45, 7) is 17.9. The summed E-state index contributed by atoms with van der Waals surface area (Å²) in [5.41, 5.74) is 14.1. The summed E-state index contributed by atoms with van der Waals surface area (Å²) in [5.74, 6) is 0.655. The Morgan fingerprint density at radius 2 is 1.92 bits per heavy atom. The highest BCUT2D eigenvalue weighted by Crippen LogP contribution is 2.46. The van der Waals surface area contributed by atoms with Crippen LogP contribution in [0.3, 0.4) is 0 Å². The molecule has 6 heteroatoms. The van der Waals surface area contributed by atoms with Crippen LogP contribution in [0.15, 0.2) is 58.3 Å². The Morgan fingerprint density at radius 1 is 1.24 bits per heavy atom. The van der Waals surface area contributed by atoms with E-state index in [0.29, 0.717) is 11.4 Å². The second kappa shape index (κ2) is 13.1. The number of amidine groups is 1. The molecule has 0 fully saturated rings. The van der Waals surface area contributed by atoms with Crippen LogP contribution in [0.1, 0.15) is 82.3 Å². The van der Waals surface area contributed by atoms with E-state index in [1.54, 1.807) is 19.0 Å². The molecule has 4 N–H and O–H groups in total. The number of fused-ring (bicyclic) bond motifs is 1. The molecule has 204 valence electrons. The number of allylic oxidation sites excluding steroid dienone is 3. The van der Waals surface area contributed by atoms with E-state index < -0.39 is 5.41 Å². The molecular weight excluding hydrogens is 458 g/mol. The van der Waals surface area contributed by atoms with E-state index in [-0.39, 0.29) is 18.0 Å². The fourth-order valence-corrected chi connectivity index (χ4v) is 5.60. The lowest BCUT2D eigenvalue weighted by Gasteiger charge is -2.40. The van der Waals surface area contributed by atoms with E-state index in [1.807, 2.05) is 13.1 Å². The van der Waals surface area contributed by atoms with Crippen molar-refractivity contribution in [3.8, 4) is 0 Å². The average Bonchev–Trinajstić information content (AvgIpc) is 2.97. The van der Waals surface area contributed by atoms with Gasteiger partial charge in [-0.05, 0) is 99.9 Å². The van der Waals surface area contributed by atoms with Gasteiger partial charge in [0.05, 0.1) is 5.41 Å². The number of carbonyl (C=O) groups excluding carboxylic acids is 1. The number of nitrogens with two attached hydrogens (primary N) is 1. The first-order valence-corrected chi connectivity index (χ1v) is 13.6. The second-order valence-electron chi connectivity index (χ2n) is 10.7. The van der Waals surface area contributed by atoms with Gasteiger partial charge in [0, 0.05) is 44.5 Å². The number of carbonyl (C=O) groups is 1. The Morgan fingerprint density at radius 3 is 2.46 bits per heavy atom. The van der Waals surface area contributed by atoms with Crippen molar-refractivity contribution < 1.29 is 4.79 Å². The molecular formula is C31H49N5O. The van der Waals surface area contributed by atoms with Crippen LogP contribution in [-0.2, 0) is 11.8 Å². The van der Waals surface area contributed by atoms with Crippen molar-refractivity contribution in [1.82, 2.24) is 15.5 Å². The van der Waals surface area contributed by atoms with Crippen molar-refractivity contribution in [3.63, 3.8) is 0 Å². The maximum absolute atomic E-state index is 12.9. The Hall–Kier alpha value is -2.86. The van der Waals surface area contributed by atoms with Crippen LogP contribution in [0.5, 0.6) is 0 Å². The fraction of sp³-hybridized carbons (Fsp3) is 0.548. The minimum absolute atomic E-state index is 0.00689. The number of hydrogen-bond acceptors (Lipinski definition) is 4. The maximum Gasteiger partial charge on any atom is 0.253 e. The molecule has 0 heterocycles. The van der Waals surface area contributed by atoms with Gasteiger partial charge in [0.25, 0.3) is 5.91 Å². The van der Waals surface area contributed by atoms with Crippen molar-refractivity contribution in [2.24, 2.45) is 10.7 Å². The van der Waals surface area contributed by atoms with Gasteiger partial charge < -0.3 is 21.3 Å². The molecule has 0 aromatic heterocycles. The van der Waals surface area contributed by atoms with Crippen LogP contribution < -0.4 is 16.4 Å². The van der Waals surface area contributed by atoms with Gasteiger partial charge in [0.2, 0.25) is 0 Å². The van der Waals surface area contributed by atoms with Crippen LogP contribution in [0.2, 0.25) is 0 Å². The third kappa shape index (κ3) is 6.72. The SMILES string of the molecule is C=C(NC)/C(C)=C/C1=C(CC)C(C[C@@H](C)NCC)(C(N)=NC(C)C)c2ccc(C(=O)N(C)C)cc2CC1. The molecule has 1 amide bonds. The van der Waals surface area contributed by atoms with Gasteiger partial charge in [-0.15, -0.1) is 0 Å².